The van der Waals surface area contributed by atoms with Crippen molar-refractivity contribution in [1.82, 2.24) is 19.7 Å². The normalized spacial score (nSPS) is 26.9. The molecule has 1 saturated heterocycles. The molecule has 0 aromatic carbocycles. The molecule has 2 atom stereocenters. The Morgan fingerprint density at radius 2 is 2.21 bits per heavy atom. The van der Waals surface area contributed by atoms with Crippen molar-refractivity contribution in [3.05, 3.63) is 12.7 Å². The third-order valence-electron chi connectivity index (χ3n) is 4.24. The molecule has 19 heavy (non-hydrogen) atoms. The summed E-state index contributed by atoms with van der Waals surface area (Å²) in [7, 11) is 0. The molecule has 6 nitrogen and oxygen atoms in total. The van der Waals surface area contributed by atoms with Gasteiger partial charge >= 0.3 is 0 Å². The minimum Gasteiger partial charge on any atom is -0.341 e. The van der Waals surface area contributed by atoms with Gasteiger partial charge in [-0.15, -0.1) is 0 Å². The van der Waals surface area contributed by atoms with Crippen molar-refractivity contribution < 1.29 is 4.79 Å². The van der Waals surface area contributed by atoms with E-state index in [1.54, 1.807) is 11.0 Å². The predicted molar refractivity (Wildman–Crippen MR) is 70.0 cm³/mol. The second-order valence-corrected chi connectivity index (χ2v) is 5.73. The molecular formula is C13H21N5O. The first kappa shape index (κ1) is 12.6. The van der Waals surface area contributed by atoms with E-state index in [1.165, 1.54) is 19.2 Å². The lowest BCUT2D eigenvalue weighted by Gasteiger charge is -2.16. The van der Waals surface area contributed by atoms with Crippen LogP contribution in [0, 0.1) is 11.8 Å². The van der Waals surface area contributed by atoms with E-state index in [9.17, 15) is 4.79 Å². The van der Waals surface area contributed by atoms with E-state index in [4.69, 9.17) is 5.73 Å². The van der Waals surface area contributed by atoms with Gasteiger partial charge in [-0.3, -0.25) is 9.48 Å². The number of carbonyl (C=O) groups excluding carboxylic acids is 1. The minimum atomic E-state index is 0.187. The average molecular weight is 263 g/mol. The van der Waals surface area contributed by atoms with E-state index < -0.39 is 0 Å². The SMILES string of the molecule is N[C@@H]1CN(C(=O)CCCn2cncn2)C[C@H]1C1CC1. The lowest BCUT2D eigenvalue weighted by molar-refractivity contribution is -0.130. The molecule has 0 bridgehead atoms. The molecule has 1 aromatic rings. The first-order valence-electron chi connectivity index (χ1n) is 7.10. The number of carbonyl (C=O) groups is 1. The van der Waals surface area contributed by atoms with Gasteiger partial charge in [0.05, 0.1) is 0 Å². The van der Waals surface area contributed by atoms with Crippen molar-refractivity contribution in [1.29, 1.82) is 0 Å². The maximum atomic E-state index is 12.1. The molecule has 2 heterocycles. The van der Waals surface area contributed by atoms with Crippen LogP contribution in [0.5, 0.6) is 0 Å². The van der Waals surface area contributed by atoms with Crippen LogP contribution in [0.3, 0.4) is 0 Å². The van der Waals surface area contributed by atoms with Gasteiger partial charge in [-0.25, -0.2) is 4.98 Å². The summed E-state index contributed by atoms with van der Waals surface area (Å²) in [5.41, 5.74) is 6.14. The van der Waals surface area contributed by atoms with Gasteiger partial charge in [0.25, 0.3) is 0 Å². The van der Waals surface area contributed by atoms with Crippen LogP contribution in [0.25, 0.3) is 0 Å². The Labute approximate surface area is 113 Å². The van der Waals surface area contributed by atoms with Crippen molar-refractivity contribution in [2.75, 3.05) is 13.1 Å². The fourth-order valence-electron chi connectivity index (χ4n) is 2.98. The van der Waals surface area contributed by atoms with Gasteiger partial charge in [0, 0.05) is 32.1 Å². The van der Waals surface area contributed by atoms with Crippen LogP contribution in [0.15, 0.2) is 12.7 Å². The number of rotatable bonds is 5. The predicted octanol–water partition coefficient (Wildman–Crippen LogP) is 0.254. The zero-order chi connectivity index (χ0) is 13.2. The smallest absolute Gasteiger partial charge is 0.222 e. The molecular weight excluding hydrogens is 242 g/mol. The van der Waals surface area contributed by atoms with Gasteiger partial charge in [0.15, 0.2) is 0 Å². The first-order valence-corrected chi connectivity index (χ1v) is 7.10. The lowest BCUT2D eigenvalue weighted by Crippen LogP contribution is -2.32. The van der Waals surface area contributed by atoms with Crippen LogP contribution in [0.4, 0.5) is 0 Å². The molecule has 0 radical (unpaired) electrons. The number of likely N-dealkylation sites (tertiary alicyclic amines) is 1. The Kier molecular flexibility index (Phi) is 3.50. The molecule has 0 unspecified atom stereocenters. The molecule has 6 heteroatoms. The van der Waals surface area contributed by atoms with Crippen molar-refractivity contribution in [3.8, 4) is 0 Å². The van der Waals surface area contributed by atoms with E-state index in [0.717, 1.165) is 32.0 Å². The van der Waals surface area contributed by atoms with Crippen molar-refractivity contribution in [2.24, 2.45) is 17.6 Å². The summed E-state index contributed by atoms with van der Waals surface area (Å²) in [5, 5.41) is 4.03. The van der Waals surface area contributed by atoms with Gasteiger partial charge in [-0.2, -0.15) is 5.10 Å². The molecule has 3 rings (SSSR count). The zero-order valence-corrected chi connectivity index (χ0v) is 11.1. The van der Waals surface area contributed by atoms with Gasteiger partial charge in [-0.05, 0) is 31.1 Å². The molecule has 104 valence electrons. The zero-order valence-electron chi connectivity index (χ0n) is 11.1. The third kappa shape index (κ3) is 2.94. The van der Waals surface area contributed by atoms with Gasteiger partial charge in [-0.1, -0.05) is 0 Å². The van der Waals surface area contributed by atoms with Crippen molar-refractivity contribution >= 4 is 5.91 Å². The second kappa shape index (κ2) is 5.28. The van der Waals surface area contributed by atoms with Gasteiger partial charge in [0.1, 0.15) is 12.7 Å². The molecule has 1 aliphatic heterocycles. The van der Waals surface area contributed by atoms with Crippen LogP contribution >= 0.6 is 0 Å². The van der Waals surface area contributed by atoms with E-state index in [1.807, 2.05) is 4.90 Å². The number of aromatic nitrogens is 3. The first-order chi connectivity index (χ1) is 9.24. The van der Waals surface area contributed by atoms with Crippen molar-refractivity contribution in [3.63, 3.8) is 0 Å². The number of aryl methyl sites for hydroxylation is 1. The highest BCUT2D eigenvalue weighted by atomic mass is 16.2. The highest BCUT2D eigenvalue weighted by Gasteiger charge is 2.41. The second-order valence-electron chi connectivity index (χ2n) is 5.73. The fraction of sp³-hybridized carbons (Fsp3) is 0.769. The van der Waals surface area contributed by atoms with Gasteiger partial charge < -0.3 is 10.6 Å². The maximum absolute atomic E-state index is 12.1. The Hall–Kier alpha value is -1.43. The maximum Gasteiger partial charge on any atom is 0.222 e. The Balaban J connectivity index is 1.43. The summed E-state index contributed by atoms with van der Waals surface area (Å²) in [6.45, 7) is 2.36. The molecule has 1 aromatic heterocycles. The van der Waals surface area contributed by atoms with E-state index in [-0.39, 0.29) is 11.9 Å². The summed E-state index contributed by atoms with van der Waals surface area (Å²) >= 11 is 0. The van der Waals surface area contributed by atoms with E-state index >= 15 is 0 Å². The van der Waals surface area contributed by atoms with E-state index in [0.29, 0.717) is 12.3 Å². The number of amides is 1. The Morgan fingerprint density at radius 1 is 1.37 bits per heavy atom. The molecule has 2 N–H and O–H groups in total. The minimum absolute atomic E-state index is 0.187. The number of nitrogens with zero attached hydrogens (tertiary/aromatic N) is 4. The van der Waals surface area contributed by atoms with Crippen LogP contribution in [-0.2, 0) is 11.3 Å². The highest BCUT2D eigenvalue weighted by molar-refractivity contribution is 5.76. The molecule has 2 fully saturated rings. The summed E-state index contributed by atoms with van der Waals surface area (Å²) in [4.78, 5) is 18.0. The molecule has 1 amide bonds. The van der Waals surface area contributed by atoms with Gasteiger partial charge in [0.2, 0.25) is 5.91 Å². The summed E-state index contributed by atoms with van der Waals surface area (Å²) < 4.78 is 1.76. The Bertz CT molecular complexity index is 428. The van der Waals surface area contributed by atoms with Crippen LogP contribution in [-0.4, -0.2) is 44.7 Å². The average Bonchev–Trinajstić information content (AvgIpc) is 2.96. The highest BCUT2D eigenvalue weighted by Crippen LogP contribution is 2.40. The number of nitrogens with two attached hydrogens (primary N) is 1. The lowest BCUT2D eigenvalue weighted by atomic mass is 9.99. The molecule has 2 aliphatic rings. The quantitative estimate of drug-likeness (QED) is 0.826. The fourth-order valence-corrected chi connectivity index (χ4v) is 2.98. The summed E-state index contributed by atoms with van der Waals surface area (Å²) in [5.74, 6) is 1.56. The summed E-state index contributed by atoms with van der Waals surface area (Å²) in [6.07, 6.45) is 7.17. The van der Waals surface area contributed by atoms with Crippen molar-refractivity contribution in [2.45, 2.75) is 38.3 Å². The molecule has 1 saturated carbocycles. The topological polar surface area (TPSA) is 77.0 Å². The third-order valence-corrected chi connectivity index (χ3v) is 4.24. The Morgan fingerprint density at radius 3 is 2.89 bits per heavy atom. The van der Waals surface area contributed by atoms with E-state index in [2.05, 4.69) is 10.1 Å². The monoisotopic (exact) mass is 263 g/mol. The largest absolute Gasteiger partial charge is 0.341 e. The standard InChI is InChI=1S/C13H21N5O/c14-12-7-17(6-11(12)10-3-4-10)13(19)2-1-5-18-9-15-8-16-18/h8-12H,1-7,14H2/t11-,12+/m0/s1. The number of hydrogen-bond acceptors (Lipinski definition) is 4. The molecule has 1 aliphatic carbocycles. The number of hydrogen-bond donors (Lipinski definition) is 1. The van der Waals surface area contributed by atoms with Crippen LogP contribution in [0.2, 0.25) is 0 Å². The summed E-state index contributed by atoms with van der Waals surface area (Å²) in [6, 6.07) is 0.187. The molecule has 0 spiro atoms. The van der Waals surface area contributed by atoms with Crippen LogP contribution < -0.4 is 5.73 Å². The van der Waals surface area contributed by atoms with Crippen LogP contribution in [0.1, 0.15) is 25.7 Å².